The molecule has 3 rings (SSSR count). The molecule has 5 nitrogen and oxygen atoms in total. The van der Waals surface area contributed by atoms with Gasteiger partial charge in [0.05, 0.1) is 16.3 Å². The van der Waals surface area contributed by atoms with Crippen LogP contribution < -0.4 is 4.72 Å². The van der Waals surface area contributed by atoms with E-state index < -0.39 is 10.0 Å². The molecule has 0 fully saturated rings. The molecular formula is C16H14ClN3O2S. The summed E-state index contributed by atoms with van der Waals surface area (Å²) in [6.07, 6.45) is 3.35. The summed E-state index contributed by atoms with van der Waals surface area (Å²) in [7, 11) is -3.71. The average Bonchev–Trinajstić information content (AvgIpc) is 3.01. The van der Waals surface area contributed by atoms with Crippen molar-refractivity contribution < 1.29 is 8.42 Å². The van der Waals surface area contributed by atoms with Crippen LogP contribution in [0.25, 0.3) is 5.69 Å². The number of nitrogens with one attached hydrogen (secondary N) is 1. The van der Waals surface area contributed by atoms with Crippen LogP contribution in [0.1, 0.15) is 5.56 Å². The van der Waals surface area contributed by atoms with Gasteiger partial charge in [-0.1, -0.05) is 29.3 Å². The van der Waals surface area contributed by atoms with Crippen molar-refractivity contribution in [3.05, 3.63) is 71.5 Å². The summed E-state index contributed by atoms with van der Waals surface area (Å²) in [4.78, 5) is 0.189. The third kappa shape index (κ3) is 3.38. The number of benzene rings is 2. The van der Waals surface area contributed by atoms with Gasteiger partial charge < -0.3 is 0 Å². The smallest absolute Gasteiger partial charge is 0.261 e. The second-order valence-corrected chi connectivity index (χ2v) is 7.15. The zero-order valence-corrected chi connectivity index (χ0v) is 13.8. The third-order valence-corrected chi connectivity index (χ3v) is 4.90. The van der Waals surface area contributed by atoms with Crippen LogP contribution in [0.5, 0.6) is 0 Å². The van der Waals surface area contributed by atoms with Crippen LogP contribution in [0, 0.1) is 6.92 Å². The molecule has 0 bridgehead atoms. The van der Waals surface area contributed by atoms with Gasteiger partial charge in [-0.15, -0.1) is 0 Å². The van der Waals surface area contributed by atoms with Crippen LogP contribution in [0.3, 0.4) is 0 Å². The molecule has 0 radical (unpaired) electrons. The maximum atomic E-state index is 12.6. The zero-order valence-electron chi connectivity index (χ0n) is 12.3. The molecule has 0 saturated heterocycles. The molecule has 0 amide bonds. The number of aryl methyl sites for hydroxylation is 1. The van der Waals surface area contributed by atoms with Crippen LogP contribution >= 0.6 is 11.6 Å². The van der Waals surface area contributed by atoms with E-state index in [1.54, 1.807) is 65.6 Å². The number of sulfonamides is 1. The molecule has 1 aromatic heterocycles. The Kier molecular flexibility index (Phi) is 4.11. The first kappa shape index (κ1) is 15.6. The Balaban J connectivity index is 2.02. The molecule has 0 atom stereocenters. The van der Waals surface area contributed by atoms with E-state index in [1.807, 2.05) is 6.92 Å². The maximum Gasteiger partial charge on any atom is 0.261 e. The molecular weight excluding hydrogens is 334 g/mol. The molecule has 7 heteroatoms. The quantitative estimate of drug-likeness (QED) is 0.783. The van der Waals surface area contributed by atoms with Gasteiger partial charge in [0.2, 0.25) is 0 Å². The molecule has 0 unspecified atom stereocenters. The summed E-state index contributed by atoms with van der Waals surface area (Å²) >= 11 is 6.01. The van der Waals surface area contributed by atoms with Crippen molar-refractivity contribution in [1.29, 1.82) is 0 Å². The van der Waals surface area contributed by atoms with E-state index in [9.17, 15) is 8.42 Å². The third-order valence-electron chi connectivity index (χ3n) is 3.29. The van der Waals surface area contributed by atoms with Gasteiger partial charge in [-0.3, -0.25) is 4.72 Å². The minimum absolute atomic E-state index is 0.189. The lowest BCUT2D eigenvalue weighted by molar-refractivity contribution is 0.601. The maximum absolute atomic E-state index is 12.6. The first-order valence-electron chi connectivity index (χ1n) is 6.85. The molecule has 0 aliphatic carbocycles. The van der Waals surface area contributed by atoms with Gasteiger partial charge in [-0.05, 0) is 43.3 Å². The second kappa shape index (κ2) is 6.06. The van der Waals surface area contributed by atoms with Crippen molar-refractivity contribution in [3.8, 4) is 5.69 Å². The van der Waals surface area contributed by atoms with Crippen molar-refractivity contribution in [3.63, 3.8) is 0 Å². The van der Waals surface area contributed by atoms with E-state index in [-0.39, 0.29) is 4.90 Å². The number of halogens is 1. The largest absolute Gasteiger partial charge is 0.277 e. The minimum atomic E-state index is -3.71. The van der Waals surface area contributed by atoms with E-state index in [1.165, 1.54) is 0 Å². The van der Waals surface area contributed by atoms with Crippen LogP contribution in [-0.4, -0.2) is 18.2 Å². The Labute approximate surface area is 139 Å². The number of hydrogen-bond donors (Lipinski definition) is 1. The highest BCUT2D eigenvalue weighted by Crippen LogP contribution is 2.26. The van der Waals surface area contributed by atoms with Crippen LogP contribution in [0.4, 0.5) is 5.69 Å². The van der Waals surface area contributed by atoms with Crippen molar-refractivity contribution in [2.24, 2.45) is 0 Å². The summed E-state index contributed by atoms with van der Waals surface area (Å²) < 4.78 is 29.3. The lowest BCUT2D eigenvalue weighted by Gasteiger charge is -2.13. The predicted octanol–water partition coefficient (Wildman–Crippen LogP) is 3.63. The number of aromatic nitrogens is 2. The van der Waals surface area contributed by atoms with E-state index in [2.05, 4.69) is 9.82 Å². The van der Waals surface area contributed by atoms with Crippen molar-refractivity contribution in [2.75, 3.05) is 4.72 Å². The van der Waals surface area contributed by atoms with Crippen molar-refractivity contribution in [1.82, 2.24) is 9.78 Å². The predicted molar refractivity (Wildman–Crippen MR) is 90.6 cm³/mol. The molecule has 0 aliphatic rings. The summed E-state index contributed by atoms with van der Waals surface area (Å²) in [6, 6.07) is 13.3. The fourth-order valence-corrected chi connectivity index (χ4v) is 3.36. The van der Waals surface area contributed by atoms with Crippen molar-refractivity contribution in [2.45, 2.75) is 11.8 Å². The molecule has 1 heterocycles. The Hall–Kier alpha value is -2.31. The standard InChI is InChI=1S/C16H14ClN3O2S/c1-12-3-6-14(7-4-12)23(21,22)19-15-11-13(17)5-8-16(15)20-10-2-9-18-20/h2-11,19H,1H3. The molecule has 118 valence electrons. The molecule has 0 spiro atoms. The average molecular weight is 348 g/mol. The van der Waals surface area contributed by atoms with E-state index in [4.69, 9.17) is 11.6 Å². The van der Waals surface area contributed by atoms with Gasteiger partial charge in [-0.25, -0.2) is 13.1 Å². The zero-order chi connectivity index (χ0) is 16.4. The highest BCUT2D eigenvalue weighted by molar-refractivity contribution is 7.92. The number of rotatable bonds is 4. The molecule has 1 N–H and O–H groups in total. The lowest BCUT2D eigenvalue weighted by atomic mass is 10.2. The minimum Gasteiger partial charge on any atom is -0.277 e. The van der Waals surface area contributed by atoms with Gasteiger partial charge in [0, 0.05) is 17.4 Å². The Morgan fingerprint density at radius 3 is 2.52 bits per heavy atom. The summed E-state index contributed by atoms with van der Waals surface area (Å²) in [5, 5.41) is 4.56. The number of hydrogen-bond acceptors (Lipinski definition) is 3. The normalized spacial score (nSPS) is 11.4. The molecule has 3 aromatic rings. The number of anilines is 1. The van der Waals surface area contributed by atoms with Gasteiger partial charge >= 0.3 is 0 Å². The molecule has 23 heavy (non-hydrogen) atoms. The highest BCUT2D eigenvalue weighted by atomic mass is 35.5. The Morgan fingerprint density at radius 2 is 1.87 bits per heavy atom. The van der Waals surface area contributed by atoms with Crippen LogP contribution in [-0.2, 0) is 10.0 Å². The van der Waals surface area contributed by atoms with E-state index in [0.29, 0.717) is 16.4 Å². The van der Waals surface area contributed by atoms with Crippen LogP contribution in [0.2, 0.25) is 5.02 Å². The molecule has 0 aliphatic heterocycles. The Bertz CT molecular complexity index is 920. The van der Waals surface area contributed by atoms with E-state index >= 15 is 0 Å². The summed E-state index contributed by atoms with van der Waals surface area (Å²) in [5.74, 6) is 0. The summed E-state index contributed by atoms with van der Waals surface area (Å²) in [5.41, 5.74) is 1.95. The molecule has 0 saturated carbocycles. The topological polar surface area (TPSA) is 64.0 Å². The lowest BCUT2D eigenvalue weighted by Crippen LogP contribution is -2.15. The van der Waals surface area contributed by atoms with E-state index in [0.717, 1.165) is 5.56 Å². The fraction of sp³-hybridized carbons (Fsp3) is 0.0625. The fourth-order valence-electron chi connectivity index (χ4n) is 2.12. The second-order valence-electron chi connectivity index (χ2n) is 5.03. The van der Waals surface area contributed by atoms with Crippen LogP contribution in [0.15, 0.2) is 65.8 Å². The molecule has 2 aromatic carbocycles. The first-order chi connectivity index (χ1) is 11.0. The first-order valence-corrected chi connectivity index (χ1v) is 8.71. The van der Waals surface area contributed by atoms with Crippen molar-refractivity contribution >= 4 is 27.3 Å². The number of nitrogens with zero attached hydrogens (tertiary/aromatic N) is 2. The van der Waals surface area contributed by atoms with Gasteiger partial charge in [0.25, 0.3) is 10.0 Å². The highest BCUT2D eigenvalue weighted by Gasteiger charge is 2.17. The van der Waals surface area contributed by atoms with Gasteiger partial charge in [-0.2, -0.15) is 5.10 Å². The SMILES string of the molecule is Cc1ccc(S(=O)(=O)Nc2cc(Cl)ccc2-n2cccn2)cc1. The van der Waals surface area contributed by atoms with Gasteiger partial charge in [0.1, 0.15) is 0 Å². The van der Waals surface area contributed by atoms with Gasteiger partial charge in [0.15, 0.2) is 0 Å². The Morgan fingerprint density at radius 1 is 1.13 bits per heavy atom. The summed E-state index contributed by atoms with van der Waals surface area (Å²) in [6.45, 7) is 1.90. The monoisotopic (exact) mass is 347 g/mol.